The zero-order chi connectivity index (χ0) is 27.5. The molecule has 0 heterocycles. The van der Waals surface area contributed by atoms with Crippen LogP contribution in [-0.2, 0) is 4.79 Å². The number of rotatable bonds is 10. The van der Waals surface area contributed by atoms with Crippen molar-refractivity contribution in [1.82, 2.24) is 0 Å². The minimum atomic E-state index is -8.63. The molecule has 0 aromatic carbocycles. The number of carbonyl (C=O) groups is 1. The maximum atomic E-state index is 13.7. The van der Waals surface area contributed by atoms with Crippen LogP contribution in [0.1, 0.15) is 13.3 Å². The van der Waals surface area contributed by atoms with Gasteiger partial charge in [-0.25, -0.2) is 0 Å². The molecule has 0 unspecified atom stereocenters. The van der Waals surface area contributed by atoms with Gasteiger partial charge in [0.1, 0.15) is 13.5 Å². The first-order valence-electron chi connectivity index (χ1n) is 8.12. The van der Waals surface area contributed by atoms with Crippen LogP contribution in [0, 0.1) is 0 Å². The van der Waals surface area contributed by atoms with Crippen molar-refractivity contribution in [2.45, 2.75) is 80.1 Å². The van der Waals surface area contributed by atoms with Gasteiger partial charge in [-0.3, -0.25) is 0 Å². The molecule has 0 saturated carbocycles. The third-order valence-corrected chi connectivity index (χ3v) is 8.21. The topological polar surface area (TPSA) is 17.1 Å². The van der Waals surface area contributed by atoms with E-state index in [9.17, 15) is 79.4 Å². The summed E-state index contributed by atoms with van der Waals surface area (Å²) >= 11 is 0. The van der Waals surface area contributed by atoms with Gasteiger partial charge in [-0.15, -0.1) is 0 Å². The number of alkyl halides is 17. The molecule has 0 spiro atoms. The van der Waals surface area contributed by atoms with Gasteiger partial charge in [0.05, 0.1) is 0 Å². The maximum Gasteiger partial charge on any atom is 0.460 e. The molecule has 198 valence electrons. The molecule has 0 aliphatic carbocycles. The molecule has 0 saturated heterocycles. The van der Waals surface area contributed by atoms with E-state index >= 15 is 0 Å². The molecule has 1 nitrogen and oxygen atoms in total. The molecule has 0 aromatic rings. The van der Waals surface area contributed by atoms with Crippen molar-refractivity contribution < 1.29 is 79.4 Å². The van der Waals surface area contributed by atoms with Gasteiger partial charge in [-0.1, -0.05) is 13.1 Å². The fourth-order valence-electron chi connectivity index (χ4n) is 2.00. The Kier molecular flexibility index (Phi) is 7.81. The lowest BCUT2D eigenvalue weighted by Crippen LogP contribution is -2.74. The van der Waals surface area contributed by atoms with Crippen molar-refractivity contribution in [3.05, 3.63) is 0 Å². The molecule has 0 aromatic heterocycles. The monoisotopic (exact) mass is 548 g/mol. The summed E-state index contributed by atoms with van der Waals surface area (Å²) in [5.74, 6) is -56.3. The van der Waals surface area contributed by atoms with Gasteiger partial charge in [-0.2, -0.15) is 74.6 Å². The summed E-state index contributed by atoms with van der Waals surface area (Å²) in [5.41, 5.74) is 0. The van der Waals surface area contributed by atoms with Crippen LogP contribution in [0.15, 0.2) is 0 Å². The second kappa shape index (κ2) is 8.13. The Hall–Kier alpha value is -1.30. The van der Waals surface area contributed by atoms with E-state index in [1.165, 1.54) is 0 Å². The van der Waals surface area contributed by atoms with E-state index in [1.54, 1.807) is 0 Å². The smallest absolute Gasteiger partial charge is 0.306 e. The quantitative estimate of drug-likeness (QED) is 0.208. The fraction of sp³-hybridized carbons (Fsp3) is 0.929. The van der Waals surface area contributed by atoms with E-state index in [1.807, 2.05) is 0 Å². The van der Waals surface area contributed by atoms with Crippen LogP contribution in [0.3, 0.4) is 0 Å². The lowest BCUT2D eigenvalue weighted by Gasteiger charge is -2.43. The van der Waals surface area contributed by atoms with Crippen LogP contribution in [0.2, 0.25) is 19.1 Å². The molecule has 0 atom stereocenters. The summed E-state index contributed by atoms with van der Waals surface area (Å²) in [6.07, 6.45) is -10.3. The molecule has 33 heavy (non-hydrogen) atoms. The molecule has 0 radical (unpaired) electrons. The predicted octanol–water partition coefficient (Wildman–Crippen LogP) is 7.22. The third-order valence-electron chi connectivity index (χ3n) is 4.80. The van der Waals surface area contributed by atoms with Crippen LogP contribution >= 0.6 is 0 Å². The van der Waals surface area contributed by atoms with Crippen molar-refractivity contribution >= 4 is 13.5 Å². The minimum Gasteiger partial charge on any atom is -0.306 e. The van der Waals surface area contributed by atoms with Crippen LogP contribution in [0.5, 0.6) is 0 Å². The summed E-state index contributed by atoms with van der Waals surface area (Å²) in [5, 5.41) is -0.890. The standard InChI is InChI=1S/C14H13F17OSi/c1-6(32)33(2,3)5-4-7(15,16)8(17,18)9(19,20)10(21,22)11(23,24)12(25,26)13(27,28)14(29,30)31/h4-5H2,1-3H3. The van der Waals surface area contributed by atoms with Gasteiger partial charge in [0.2, 0.25) is 0 Å². The molecule has 19 heteroatoms. The summed E-state index contributed by atoms with van der Waals surface area (Å²) in [6.45, 7) is 2.60. The van der Waals surface area contributed by atoms with Gasteiger partial charge in [0.15, 0.2) is 0 Å². The van der Waals surface area contributed by atoms with Crippen LogP contribution in [-0.4, -0.2) is 61.1 Å². The average molecular weight is 548 g/mol. The number of carbonyl (C=O) groups excluding carboxylic acids is 1. The van der Waals surface area contributed by atoms with E-state index < -0.39 is 73.6 Å². The fourth-order valence-corrected chi connectivity index (χ4v) is 3.29. The van der Waals surface area contributed by atoms with E-state index in [4.69, 9.17) is 0 Å². The van der Waals surface area contributed by atoms with Gasteiger partial charge in [-0.05, 0) is 13.0 Å². The molecular formula is C14H13F17OSi. The van der Waals surface area contributed by atoms with Gasteiger partial charge in [0, 0.05) is 6.42 Å². The Morgan fingerprint density at radius 2 is 0.818 bits per heavy atom. The van der Waals surface area contributed by atoms with Crippen molar-refractivity contribution in [3.8, 4) is 0 Å². The van der Waals surface area contributed by atoms with E-state index in [0.29, 0.717) is 0 Å². The van der Waals surface area contributed by atoms with Crippen molar-refractivity contribution in [2.75, 3.05) is 0 Å². The highest BCUT2D eigenvalue weighted by molar-refractivity contribution is 7.04. The molecule has 0 bridgehead atoms. The Morgan fingerprint density at radius 1 is 0.545 bits per heavy atom. The Morgan fingerprint density at radius 3 is 1.09 bits per heavy atom. The zero-order valence-electron chi connectivity index (χ0n) is 16.2. The largest absolute Gasteiger partial charge is 0.460 e. The van der Waals surface area contributed by atoms with Crippen molar-refractivity contribution in [1.29, 1.82) is 0 Å². The first-order valence-corrected chi connectivity index (χ1v) is 11.3. The molecule has 0 aliphatic heterocycles. The molecule has 0 N–H and O–H groups in total. The maximum absolute atomic E-state index is 13.7. The predicted molar refractivity (Wildman–Crippen MR) is 78.3 cm³/mol. The zero-order valence-corrected chi connectivity index (χ0v) is 17.2. The van der Waals surface area contributed by atoms with Crippen LogP contribution < -0.4 is 0 Å². The normalized spacial score (nSPS) is 16.2. The van der Waals surface area contributed by atoms with Crippen LogP contribution in [0.4, 0.5) is 74.6 Å². The first kappa shape index (κ1) is 31.7. The minimum absolute atomic E-state index is 0.759. The summed E-state index contributed by atoms with van der Waals surface area (Å²) < 4.78 is 223. The molecule has 0 rings (SSSR count). The van der Waals surface area contributed by atoms with Gasteiger partial charge in [0.25, 0.3) is 0 Å². The summed E-state index contributed by atoms with van der Waals surface area (Å²) in [6, 6.07) is -1.34. The molecule has 0 aliphatic rings. The third kappa shape index (κ3) is 4.53. The Bertz CT molecular complexity index is 736. The summed E-state index contributed by atoms with van der Waals surface area (Å²) in [7, 11) is -3.56. The van der Waals surface area contributed by atoms with Crippen molar-refractivity contribution in [2.24, 2.45) is 0 Å². The number of halogens is 17. The first-order chi connectivity index (χ1) is 13.9. The molecule has 0 fully saturated rings. The molecule has 0 amide bonds. The van der Waals surface area contributed by atoms with E-state index in [2.05, 4.69) is 0 Å². The highest BCUT2D eigenvalue weighted by Crippen LogP contribution is 2.64. The van der Waals surface area contributed by atoms with Gasteiger partial charge < -0.3 is 4.79 Å². The number of hydrogen-bond acceptors (Lipinski definition) is 1. The highest BCUT2D eigenvalue weighted by Gasteiger charge is 2.95. The molecular weight excluding hydrogens is 535 g/mol. The number of hydrogen-bond donors (Lipinski definition) is 0. The highest BCUT2D eigenvalue weighted by atomic mass is 28.3. The summed E-state index contributed by atoms with van der Waals surface area (Å²) in [4.78, 5) is 11.2. The van der Waals surface area contributed by atoms with Crippen LogP contribution in [0.25, 0.3) is 0 Å². The van der Waals surface area contributed by atoms with E-state index in [0.717, 1.165) is 20.0 Å². The second-order valence-corrected chi connectivity index (χ2v) is 12.6. The second-order valence-electron chi connectivity index (χ2n) is 7.59. The Balaban J connectivity index is 6.56. The van der Waals surface area contributed by atoms with Gasteiger partial charge >= 0.3 is 47.6 Å². The Labute approximate surface area is 174 Å². The lowest BCUT2D eigenvalue weighted by atomic mass is 9.88. The average Bonchev–Trinajstić information content (AvgIpc) is 2.57. The van der Waals surface area contributed by atoms with Crippen molar-refractivity contribution in [3.63, 3.8) is 0 Å². The lowest BCUT2D eigenvalue weighted by molar-refractivity contribution is -0.461. The van der Waals surface area contributed by atoms with E-state index in [-0.39, 0.29) is 0 Å². The SMILES string of the molecule is CC(=O)[Si](C)(C)CCC(F)(F)C(F)(F)C(F)(F)C(F)(F)C(F)(F)C(F)(F)C(F)(F)C(F)(F)F.